The minimum Gasteiger partial charge on any atom is -0.309 e. The Kier molecular flexibility index (Phi) is 7.18. The van der Waals surface area contributed by atoms with Gasteiger partial charge in [0.1, 0.15) is 0 Å². The van der Waals surface area contributed by atoms with E-state index < -0.39 is 10.0 Å². The van der Waals surface area contributed by atoms with Gasteiger partial charge in [0.2, 0.25) is 15.9 Å². The van der Waals surface area contributed by atoms with E-state index in [0.29, 0.717) is 5.02 Å². The molecule has 0 aliphatic carbocycles. The van der Waals surface area contributed by atoms with E-state index in [1.54, 1.807) is 4.90 Å². The molecule has 0 fully saturated rings. The quantitative estimate of drug-likeness (QED) is 0.623. The summed E-state index contributed by atoms with van der Waals surface area (Å²) in [5.74, 6) is -0.310. The summed E-state index contributed by atoms with van der Waals surface area (Å²) >= 11 is 5.85. The zero-order valence-electron chi connectivity index (χ0n) is 15.4. The van der Waals surface area contributed by atoms with Gasteiger partial charge >= 0.3 is 0 Å². The summed E-state index contributed by atoms with van der Waals surface area (Å²) in [6.07, 6.45) is 1.46. The number of amides is 1. The minimum atomic E-state index is -3.86. The first-order valence-corrected chi connectivity index (χ1v) is 10.3. The molecular weight excluding hydrogens is 384 g/mol. The van der Waals surface area contributed by atoms with E-state index in [9.17, 15) is 13.2 Å². The topological polar surface area (TPSA) is 57.7 Å². The van der Waals surface area contributed by atoms with Crippen LogP contribution in [0, 0.1) is 0 Å². The zero-order chi connectivity index (χ0) is 20.0. The molecule has 0 saturated heterocycles. The van der Waals surface area contributed by atoms with Crippen LogP contribution in [0.1, 0.15) is 13.8 Å². The molecule has 1 amide bonds. The Morgan fingerprint density at radius 3 is 2.22 bits per heavy atom. The van der Waals surface area contributed by atoms with Gasteiger partial charge in [-0.25, -0.2) is 8.42 Å². The molecule has 2 aromatic carbocycles. The van der Waals surface area contributed by atoms with Gasteiger partial charge in [-0.1, -0.05) is 35.9 Å². The predicted molar refractivity (Wildman–Crippen MR) is 109 cm³/mol. The van der Waals surface area contributed by atoms with Crippen LogP contribution in [0.3, 0.4) is 0 Å². The van der Waals surface area contributed by atoms with Gasteiger partial charge in [-0.15, -0.1) is 6.58 Å². The molecule has 0 heterocycles. The number of benzene rings is 2. The molecule has 2 aromatic rings. The summed E-state index contributed by atoms with van der Waals surface area (Å²) in [4.78, 5) is 14.6. The number of para-hydroxylation sites is 1. The normalized spacial score (nSPS) is 11.6. The van der Waals surface area contributed by atoms with E-state index in [1.165, 1.54) is 30.3 Å². The molecule has 0 aromatic heterocycles. The lowest BCUT2D eigenvalue weighted by Crippen LogP contribution is -2.45. The Bertz CT molecular complexity index is 881. The van der Waals surface area contributed by atoms with Crippen molar-refractivity contribution in [1.29, 1.82) is 0 Å². The molecule has 0 spiro atoms. The van der Waals surface area contributed by atoms with Crippen molar-refractivity contribution >= 4 is 33.2 Å². The molecule has 5 nitrogen and oxygen atoms in total. The molecule has 0 atom stereocenters. The maximum absolute atomic E-state index is 13.0. The third-order valence-corrected chi connectivity index (χ3v) is 5.99. The van der Waals surface area contributed by atoms with Crippen LogP contribution in [0.2, 0.25) is 5.02 Å². The predicted octanol–water partition coefficient (Wildman–Crippen LogP) is 3.96. The number of nitrogens with zero attached hydrogens (tertiary/aromatic N) is 2. The van der Waals surface area contributed by atoms with Crippen LogP contribution in [0.5, 0.6) is 0 Å². The molecule has 0 radical (unpaired) electrons. The first kappa shape index (κ1) is 21.2. The highest BCUT2D eigenvalue weighted by Gasteiger charge is 2.29. The van der Waals surface area contributed by atoms with Crippen molar-refractivity contribution in [2.24, 2.45) is 0 Å². The fourth-order valence-electron chi connectivity index (χ4n) is 2.69. The second kappa shape index (κ2) is 9.17. The number of anilines is 1. The van der Waals surface area contributed by atoms with Crippen molar-refractivity contribution in [1.82, 2.24) is 4.31 Å². The third-order valence-electron chi connectivity index (χ3n) is 3.92. The second-order valence-electron chi connectivity index (χ2n) is 6.23. The first-order valence-electron chi connectivity index (χ1n) is 8.51. The number of halogens is 1. The number of carbonyl (C=O) groups excluding carboxylic acids is 1. The van der Waals surface area contributed by atoms with Crippen molar-refractivity contribution in [2.75, 3.05) is 18.0 Å². The highest BCUT2D eigenvalue weighted by atomic mass is 35.5. The Hall–Kier alpha value is -2.15. The van der Waals surface area contributed by atoms with Gasteiger partial charge in [0.15, 0.2) is 0 Å². The van der Waals surface area contributed by atoms with Gasteiger partial charge in [-0.3, -0.25) is 4.79 Å². The van der Waals surface area contributed by atoms with Crippen LogP contribution >= 0.6 is 11.6 Å². The molecule has 0 saturated carbocycles. The minimum absolute atomic E-state index is 0.0252. The molecule has 0 aliphatic heterocycles. The van der Waals surface area contributed by atoms with Gasteiger partial charge < -0.3 is 4.90 Å². The summed E-state index contributed by atoms with van der Waals surface area (Å²) in [5.41, 5.74) is 0.722. The van der Waals surface area contributed by atoms with E-state index in [1.807, 2.05) is 44.2 Å². The second-order valence-corrected chi connectivity index (χ2v) is 8.61. The van der Waals surface area contributed by atoms with Crippen LogP contribution in [-0.2, 0) is 14.8 Å². The molecule has 2 rings (SSSR count). The smallest absolute Gasteiger partial charge is 0.243 e. The SMILES string of the molecule is C=CCN(CC(=O)N(c1ccccc1)C(C)C)S(=O)(=O)c1ccc(Cl)cc1. The van der Waals surface area contributed by atoms with Crippen LogP contribution in [0.25, 0.3) is 0 Å². The van der Waals surface area contributed by atoms with Gasteiger partial charge in [0.05, 0.1) is 11.4 Å². The maximum atomic E-state index is 13.0. The van der Waals surface area contributed by atoms with Gasteiger partial charge in [-0.2, -0.15) is 4.31 Å². The molecule has 7 heteroatoms. The number of rotatable bonds is 8. The van der Waals surface area contributed by atoms with Crippen molar-refractivity contribution in [2.45, 2.75) is 24.8 Å². The van der Waals surface area contributed by atoms with E-state index in [2.05, 4.69) is 6.58 Å². The molecule has 0 aliphatic rings. The highest BCUT2D eigenvalue weighted by molar-refractivity contribution is 7.89. The lowest BCUT2D eigenvalue weighted by atomic mass is 10.2. The van der Waals surface area contributed by atoms with E-state index in [0.717, 1.165) is 9.99 Å². The lowest BCUT2D eigenvalue weighted by molar-refractivity contribution is -0.119. The summed E-state index contributed by atoms with van der Waals surface area (Å²) < 4.78 is 27.0. The molecule has 0 bridgehead atoms. The fourth-order valence-corrected chi connectivity index (χ4v) is 4.18. The standard InChI is InChI=1S/C20H23ClN2O3S/c1-4-14-22(27(25,26)19-12-10-17(21)11-13-19)15-20(24)23(16(2)3)18-8-6-5-7-9-18/h4-13,16H,1,14-15H2,2-3H3. The van der Waals surface area contributed by atoms with E-state index >= 15 is 0 Å². The summed E-state index contributed by atoms with van der Waals surface area (Å²) in [6.45, 7) is 7.12. The number of sulfonamides is 1. The van der Waals surface area contributed by atoms with Crippen LogP contribution in [0.15, 0.2) is 72.1 Å². The number of carbonyl (C=O) groups is 1. The van der Waals surface area contributed by atoms with Gasteiger partial charge in [-0.05, 0) is 50.2 Å². The van der Waals surface area contributed by atoms with E-state index in [-0.39, 0.29) is 29.9 Å². The average molecular weight is 407 g/mol. The Labute approximate surface area is 165 Å². The monoisotopic (exact) mass is 406 g/mol. The number of hydrogen-bond acceptors (Lipinski definition) is 3. The first-order chi connectivity index (χ1) is 12.8. The van der Waals surface area contributed by atoms with Crippen molar-refractivity contribution < 1.29 is 13.2 Å². The fraction of sp³-hybridized carbons (Fsp3) is 0.250. The maximum Gasteiger partial charge on any atom is 0.243 e. The van der Waals surface area contributed by atoms with Crippen LogP contribution in [-0.4, -0.2) is 37.8 Å². The van der Waals surface area contributed by atoms with Crippen molar-refractivity contribution in [3.05, 3.63) is 72.3 Å². The van der Waals surface area contributed by atoms with Gasteiger partial charge in [0, 0.05) is 23.3 Å². The Morgan fingerprint density at radius 2 is 1.70 bits per heavy atom. The van der Waals surface area contributed by atoms with Crippen LogP contribution in [0.4, 0.5) is 5.69 Å². The van der Waals surface area contributed by atoms with E-state index in [4.69, 9.17) is 11.6 Å². The molecule has 0 N–H and O–H groups in total. The summed E-state index contributed by atoms with van der Waals surface area (Å²) in [7, 11) is -3.86. The Morgan fingerprint density at radius 1 is 1.11 bits per heavy atom. The average Bonchev–Trinajstić information content (AvgIpc) is 2.62. The van der Waals surface area contributed by atoms with Crippen molar-refractivity contribution in [3.8, 4) is 0 Å². The Balaban J connectivity index is 2.32. The van der Waals surface area contributed by atoms with Crippen molar-refractivity contribution in [3.63, 3.8) is 0 Å². The highest BCUT2D eigenvalue weighted by Crippen LogP contribution is 2.21. The molecule has 0 unspecified atom stereocenters. The lowest BCUT2D eigenvalue weighted by Gasteiger charge is -2.29. The number of hydrogen-bond donors (Lipinski definition) is 0. The molecular formula is C20H23ClN2O3S. The molecule has 27 heavy (non-hydrogen) atoms. The molecule has 144 valence electrons. The van der Waals surface area contributed by atoms with Crippen LogP contribution < -0.4 is 4.90 Å². The largest absolute Gasteiger partial charge is 0.309 e. The van der Waals surface area contributed by atoms with Gasteiger partial charge in [0.25, 0.3) is 0 Å². The summed E-state index contributed by atoms with van der Waals surface area (Å²) in [5, 5.41) is 0.440. The zero-order valence-corrected chi connectivity index (χ0v) is 16.9. The summed E-state index contributed by atoms with van der Waals surface area (Å²) in [6, 6.07) is 14.9. The third kappa shape index (κ3) is 5.19.